The van der Waals surface area contributed by atoms with Gasteiger partial charge in [0.2, 0.25) is 0 Å². The number of ether oxygens (including phenoxy) is 1. The lowest BCUT2D eigenvalue weighted by Crippen LogP contribution is -2.53. The first-order chi connectivity index (χ1) is 14.8. The van der Waals surface area contributed by atoms with Gasteiger partial charge < -0.3 is 24.9 Å². The summed E-state index contributed by atoms with van der Waals surface area (Å²) in [5.41, 5.74) is 0. The van der Waals surface area contributed by atoms with Gasteiger partial charge in [-0.3, -0.25) is 9.89 Å². The van der Waals surface area contributed by atoms with Crippen LogP contribution in [0.5, 0.6) is 0 Å². The normalized spacial score (nSPS) is 28.3. The second-order valence-electron chi connectivity index (χ2n) is 8.95. The first-order valence-corrected chi connectivity index (χ1v) is 11.9. The Morgan fingerprint density at radius 1 is 1.13 bits per heavy atom. The lowest BCUT2D eigenvalue weighted by atomic mass is 9.89. The van der Waals surface area contributed by atoms with E-state index in [9.17, 15) is 5.11 Å². The van der Waals surface area contributed by atoms with Crippen LogP contribution >= 0.6 is 24.0 Å². The van der Waals surface area contributed by atoms with Crippen molar-refractivity contribution in [2.45, 2.75) is 82.1 Å². The number of guanidine groups is 1. The minimum absolute atomic E-state index is 0. The highest BCUT2D eigenvalue weighted by Gasteiger charge is 2.31. The number of aliphatic hydroxyl groups excluding tert-OH is 1. The van der Waals surface area contributed by atoms with Crippen molar-refractivity contribution in [3.8, 4) is 0 Å². The van der Waals surface area contributed by atoms with Crippen molar-refractivity contribution >= 4 is 29.9 Å². The van der Waals surface area contributed by atoms with Crippen molar-refractivity contribution in [2.24, 2.45) is 4.99 Å². The van der Waals surface area contributed by atoms with Gasteiger partial charge in [-0.2, -0.15) is 0 Å². The van der Waals surface area contributed by atoms with Crippen LogP contribution < -0.4 is 10.6 Å². The molecule has 31 heavy (non-hydrogen) atoms. The SMILES string of the molecule is I.OC1CCCCC1N1CCC(NC(=NCC2CCCO2)NCCc2ccco2)CC1. The lowest BCUT2D eigenvalue weighted by molar-refractivity contribution is 0.00810. The Morgan fingerprint density at radius 3 is 2.68 bits per heavy atom. The van der Waals surface area contributed by atoms with Crippen LogP contribution in [-0.4, -0.2) is 73.0 Å². The fourth-order valence-electron chi connectivity index (χ4n) is 4.98. The highest BCUT2D eigenvalue weighted by atomic mass is 127. The molecule has 176 valence electrons. The number of aliphatic hydroxyl groups is 1. The van der Waals surface area contributed by atoms with Crippen molar-refractivity contribution in [1.82, 2.24) is 15.5 Å². The van der Waals surface area contributed by atoms with Crippen LogP contribution in [0.3, 0.4) is 0 Å². The number of rotatable bonds is 7. The van der Waals surface area contributed by atoms with Gasteiger partial charge in [-0.25, -0.2) is 0 Å². The van der Waals surface area contributed by atoms with Gasteiger partial charge >= 0.3 is 0 Å². The minimum Gasteiger partial charge on any atom is -0.469 e. The number of halogens is 1. The maximum atomic E-state index is 10.4. The molecule has 2 aliphatic heterocycles. The summed E-state index contributed by atoms with van der Waals surface area (Å²) < 4.78 is 11.2. The van der Waals surface area contributed by atoms with Gasteiger partial charge in [0.15, 0.2) is 5.96 Å². The Hall–Kier alpha value is -0.840. The molecule has 0 bridgehead atoms. The van der Waals surface area contributed by atoms with E-state index in [-0.39, 0.29) is 36.2 Å². The van der Waals surface area contributed by atoms with Gasteiger partial charge in [0.1, 0.15) is 5.76 Å². The number of aliphatic imine (C=N–C) groups is 1. The van der Waals surface area contributed by atoms with E-state index in [0.717, 1.165) is 82.9 Å². The van der Waals surface area contributed by atoms with Gasteiger partial charge in [0, 0.05) is 44.7 Å². The molecule has 3 N–H and O–H groups in total. The molecule has 1 saturated carbocycles. The number of nitrogens with one attached hydrogen (secondary N) is 2. The molecule has 1 aromatic heterocycles. The molecule has 3 atom stereocenters. The van der Waals surface area contributed by atoms with Crippen molar-refractivity contribution in [2.75, 3.05) is 32.8 Å². The molecule has 0 aromatic carbocycles. The molecular formula is C23H39IN4O3. The van der Waals surface area contributed by atoms with Gasteiger partial charge in [0.05, 0.1) is 25.0 Å². The summed E-state index contributed by atoms with van der Waals surface area (Å²) in [6.07, 6.45) is 11.6. The Morgan fingerprint density at radius 2 is 1.97 bits per heavy atom. The number of nitrogens with zero attached hydrogens (tertiary/aromatic N) is 2. The molecule has 0 amide bonds. The first-order valence-electron chi connectivity index (χ1n) is 11.9. The summed E-state index contributed by atoms with van der Waals surface area (Å²) in [6.45, 7) is 4.46. The average molecular weight is 546 g/mol. The van der Waals surface area contributed by atoms with E-state index in [2.05, 4.69) is 15.5 Å². The largest absolute Gasteiger partial charge is 0.469 e. The Kier molecular flexibility index (Phi) is 10.4. The zero-order valence-corrected chi connectivity index (χ0v) is 20.8. The van der Waals surface area contributed by atoms with Crippen molar-refractivity contribution in [3.63, 3.8) is 0 Å². The first kappa shape index (κ1) is 24.8. The van der Waals surface area contributed by atoms with E-state index in [1.54, 1.807) is 6.26 Å². The molecule has 1 aromatic rings. The van der Waals surface area contributed by atoms with Crippen molar-refractivity contribution < 1.29 is 14.3 Å². The highest BCUT2D eigenvalue weighted by molar-refractivity contribution is 14.0. The maximum absolute atomic E-state index is 10.4. The molecular weight excluding hydrogens is 507 g/mol. The van der Waals surface area contributed by atoms with Crippen molar-refractivity contribution in [1.29, 1.82) is 0 Å². The Balaban J connectivity index is 0.00000272. The summed E-state index contributed by atoms with van der Waals surface area (Å²) in [5.74, 6) is 1.87. The number of likely N-dealkylation sites (tertiary alicyclic amines) is 1. The van der Waals surface area contributed by atoms with Gasteiger partial charge in [-0.05, 0) is 50.7 Å². The van der Waals surface area contributed by atoms with Gasteiger partial charge in [0.25, 0.3) is 0 Å². The summed E-state index contributed by atoms with van der Waals surface area (Å²) in [4.78, 5) is 7.33. The number of hydrogen-bond acceptors (Lipinski definition) is 5. The van der Waals surface area contributed by atoms with Crippen molar-refractivity contribution in [3.05, 3.63) is 24.2 Å². The Labute approximate surface area is 203 Å². The predicted molar refractivity (Wildman–Crippen MR) is 133 cm³/mol. The monoisotopic (exact) mass is 546 g/mol. The molecule has 4 rings (SSSR count). The zero-order valence-electron chi connectivity index (χ0n) is 18.5. The molecule has 1 aliphatic carbocycles. The molecule has 7 nitrogen and oxygen atoms in total. The molecule has 0 radical (unpaired) electrons. The zero-order chi connectivity index (χ0) is 20.6. The van der Waals surface area contributed by atoms with Crippen LogP contribution in [0.2, 0.25) is 0 Å². The standard InChI is InChI=1S/C23H38N4O3.HI/c28-22-8-2-1-7-21(22)27-13-10-18(11-14-27)26-23(25-17-20-6-4-16-30-20)24-12-9-19-5-3-15-29-19;/h3,5,15,18,20-22,28H,1-2,4,6-14,16-17H2,(H2,24,25,26);1H. The molecule has 8 heteroatoms. The molecule has 0 spiro atoms. The third-order valence-electron chi connectivity index (χ3n) is 6.75. The minimum atomic E-state index is -0.143. The van der Waals surface area contributed by atoms with E-state index in [1.807, 2.05) is 12.1 Å². The fraction of sp³-hybridized carbons (Fsp3) is 0.783. The van der Waals surface area contributed by atoms with E-state index in [4.69, 9.17) is 14.1 Å². The van der Waals surface area contributed by atoms with Crippen LogP contribution in [0.25, 0.3) is 0 Å². The van der Waals surface area contributed by atoms with Crippen LogP contribution in [0.15, 0.2) is 27.8 Å². The Bertz CT molecular complexity index is 643. The third-order valence-corrected chi connectivity index (χ3v) is 6.75. The quantitative estimate of drug-likeness (QED) is 0.277. The van der Waals surface area contributed by atoms with E-state index >= 15 is 0 Å². The number of hydrogen-bond donors (Lipinski definition) is 3. The van der Waals surface area contributed by atoms with Gasteiger partial charge in [-0.15, -0.1) is 24.0 Å². The second kappa shape index (κ2) is 13.0. The summed E-state index contributed by atoms with van der Waals surface area (Å²) in [6, 6.07) is 4.71. The topological polar surface area (TPSA) is 82.3 Å². The summed E-state index contributed by atoms with van der Waals surface area (Å²) in [5, 5.41) is 17.5. The molecule has 3 fully saturated rings. The van der Waals surface area contributed by atoms with Crippen LogP contribution in [-0.2, 0) is 11.2 Å². The lowest BCUT2D eigenvalue weighted by Gasteiger charge is -2.41. The fourth-order valence-corrected chi connectivity index (χ4v) is 4.98. The molecule has 3 aliphatic rings. The summed E-state index contributed by atoms with van der Waals surface area (Å²) in [7, 11) is 0. The van der Waals surface area contributed by atoms with Crippen LogP contribution in [0.4, 0.5) is 0 Å². The number of piperidine rings is 1. The maximum Gasteiger partial charge on any atom is 0.191 e. The summed E-state index contributed by atoms with van der Waals surface area (Å²) >= 11 is 0. The number of furan rings is 1. The van der Waals surface area contributed by atoms with Crippen LogP contribution in [0, 0.1) is 0 Å². The van der Waals surface area contributed by atoms with E-state index in [0.29, 0.717) is 18.6 Å². The average Bonchev–Trinajstić information content (AvgIpc) is 3.47. The molecule has 3 heterocycles. The third kappa shape index (κ3) is 7.61. The molecule has 3 unspecified atom stereocenters. The van der Waals surface area contributed by atoms with E-state index < -0.39 is 0 Å². The van der Waals surface area contributed by atoms with Crippen LogP contribution in [0.1, 0.15) is 57.1 Å². The van der Waals surface area contributed by atoms with Gasteiger partial charge in [-0.1, -0.05) is 12.8 Å². The molecule has 2 saturated heterocycles. The smallest absolute Gasteiger partial charge is 0.191 e. The highest BCUT2D eigenvalue weighted by Crippen LogP contribution is 2.25. The second-order valence-corrected chi connectivity index (χ2v) is 8.95. The predicted octanol–water partition coefficient (Wildman–Crippen LogP) is 2.92. The van der Waals surface area contributed by atoms with E-state index in [1.165, 1.54) is 12.8 Å².